The number of rotatable bonds is 6. The normalized spacial score (nSPS) is 12.6. The van der Waals surface area contributed by atoms with Gasteiger partial charge in [0.2, 0.25) is 6.64 Å². The van der Waals surface area contributed by atoms with Crippen LogP contribution in [0, 0.1) is 0 Å². The van der Waals surface area contributed by atoms with Gasteiger partial charge in [-0.2, -0.15) is 4.86 Å². The molecule has 5 N–H and O–H groups in total. The van der Waals surface area contributed by atoms with E-state index in [2.05, 4.69) is 16.7 Å². The molecule has 5 nitrogen and oxygen atoms in total. The van der Waals surface area contributed by atoms with Crippen LogP contribution < -0.4 is 4.86 Å². The molecule has 0 heterocycles. The Bertz CT molecular complexity index is 700. The first kappa shape index (κ1) is 19.0. The lowest BCUT2D eigenvalue weighted by atomic mass is 10.2. The Hall–Kier alpha value is -0.330. The van der Waals surface area contributed by atoms with Crippen molar-refractivity contribution in [1.82, 2.24) is 4.86 Å². The zero-order valence-electron chi connectivity index (χ0n) is 12.2. The molecular formula is C14H19NO4P2S2. The maximum atomic E-state index is 10.4. The highest BCUT2D eigenvalue weighted by Gasteiger charge is 2.23. The SMILES string of the molecule is OP(O)(=S)NP(O)(O)=S(Cc1ccccc1)Cc1ccccc1. The molecule has 0 bridgehead atoms. The highest BCUT2D eigenvalue weighted by molar-refractivity contribution is 8.30. The number of benzene rings is 2. The molecule has 0 aliphatic carbocycles. The Morgan fingerprint density at radius 1 is 0.783 bits per heavy atom. The molecule has 0 aliphatic rings. The van der Waals surface area contributed by atoms with Gasteiger partial charge >= 0.3 is 0 Å². The molecule has 0 amide bonds. The summed E-state index contributed by atoms with van der Waals surface area (Å²) in [7, 11) is -0.931. The van der Waals surface area contributed by atoms with Crippen LogP contribution in [0.3, 0.4) is 0 Å². The van der Waals surface area contributed by atoms with Crippen molar-refractivity contribution in [2.45, 2.75) is 11.5 Å². The topological polar surface area (TPSA) is 93.0 Å². The average Bonchev–Trinajstić information content (AvgIpc) is 2.46. The van der Waals surface area contributed by atoms with E-state index in [-0.39, 0.29) is 0 Å². The minimum absolute atomic E-state index is 0.416. The molecule has 0 aromatic heterocycles. The van der Waals surface area contributed by atoms with Gasteiger partial charge < -0.3 is 19.6 Å². The third-order valence-electron chi connectivity index (χ3n) is 2.97. The highest BCUT2D eigenvalue weighted by atomic mass is 32.5. The van der Waals surface area contributed by atoms with Crippen molar-refractivity contribution in [1.29, 1.82) is 0 Å². The van der Waals surface area contributed by atoms with Crippen LogP contribution in [0.25, 0.3) is 0 Å². The van der Waals surface area contributed by atoms with Crippen molar-refractivity contribution in [3.63, 3.8) is 0 Å². The van der Waals surface area contributed by atoms with Gasteiger partial charge in [0.25, 0.3) is 6.64 Å². The predicted molar refractivity (Wildman–Crippen MR) is 101 cm³/mol. The first-order chi connectivity index (χ1) is 10.8. The van der Waals surface area contributed by atoms with E-state index in [1.54, 1.807) is 0 Å². The Morgan fingerprint density at radius 2 is 1.17 bits per heavy atom. The quantitative estimate of drug-likeness (QED) is 0.486. The number of nitrogens with one attached hydrogen (secondary N) is 1. The van der Waals surface area contributed by atoms with Crippen LogP contribution in [0.5, 0.6) is 0 Å². The maximum Gasteiger partial charge on any atom is 0.263 e. The number of hydrogen-bond donors (Lipinski definition) is 5. The van der Waals surface area contributed by atoms with Crippen molar-refractivity contribution in [2.75, 3.05) is 0 Å². The molecule has 0 saturated carbocycles. The maximum absolute atomic E-state index is 10.4. The predicted octanol–water partition coefficient (Wildman–Crippen LogP) is 2.47. The lowest BCUT2D eigenvalue weighted by molar-refractivity contribution is 0.445. The van der Waals surface area contributed by atoms with Crippen molar-refractivity contribution in [2.24, 2.45) is 0 Å². The van der Waals surface area contributed by atoms with E-state index in [1.807, 2.05) is 60.7 Å². The summed E-state index contributed by atoms with van der Waals surface area (Å²) in [5.41, 5.74) is 1.90. The fourth-order valence-corrected chi connectivity index (χ4v) is 11.0. The van der Waals surface area contributed by atoms with Gasteiger partial charge in [0.15, 0.2) is 0 Å². The van der Waals surface area contributed by atoms with E-state index in [4.69, 9.17) is 0 Å². The van der Waals surface area contributed by atoms with Crippen molar-refractivity contribution >= 4 is 35.2 Å². The van der Waals surface area contributed by atoms with Gasteiger partial charge in [-0.3, -0.25) is 0 Å². The summed E-state index contributed by atoms with van der Waals surface area (Å²) in [6.07, 6.45) is 0. The van der Waals surface area contributed by atoms with Crippen LogP contribution in [0.1, 0.15) is 11.1 Å². The Balaban J connectivity index is 2.40. The molecule has 9 heteroatoms. The molecule has 0 fully saturated rings. The van der Waals surface area contributed by atoms with Crippen molar-refractivity contribution in [3.8, 4) is 0 Å². The minimum atomic E-state index is -3.91. The van der Waals surface area contributed by atoms with Gasteiger partial charge in [0, 0.05) is 11.5 Å². The second kappa shape index (κ2) is 8.17. The standard InChI is InChI=1S/C14H19NO4P2S2/c16-20(17,22)15-21(18,19)23(11-13-7-3-1-4-8-13)12-14-9-5-2-6-10-14/h1-10,18-19H,11-12H2,(H3,15,16,17,22). The Morgan fingerprint density at radius 3 is 1.52 bits per heavy atom. The molecule has 23 heavy (non-hydrogen) atoms. The van der Waals surface area contributed by atoms with Crippen LogP contribution >= 0.6 is 13.3 Å². The zero-order chi connectivity index (χ0) is 16.9. The van der Waals surface area contributed by atoms with E-state index in [9.17, 15) is 19.6 Å². The summed E-state index contributed by atoms with van der Waals surface area (Å²) in [4.78, 5) is 41.8. The van der Waals surface area contributed by atoms with Crippen molar-refractivity contribution in [3.05, 3.63) is 71.8 Å². The third kappa shape index (κ3) is 6.59. The van der Waals surface area contributed by atoms with Crippen molar-refractivity contribution < 1.29 is 19.6 Å². The summed E-state index contributed by atoms with van der Waals surface area (Å²) in [5, 5.41) is 0. The summed E-state index contributed by atoms with van der Waals surface area (Å²) >= 11 is 4.50. The smallest absolute Gasteiger partial charge is 0.263 e. The van der Waals surface area contributed by atoms with Gasteiger partial charge in [0.05, 0.1) is 0 Å². The summed E-state index contributed by atoms with van der Waals surface area (Å²) in [6.45, 7) is -7.69. The molecule has 0 aliphatic heterocycles. The van der Waals surface area contributed by atoms with E-state index in [0.717, 1.165) is 11.1 Å². The van der Waals surface area contributed by atoms with E-state index in [1.165, 1.54) is 0 Å². The van der Waals surface area contributed by atoms with E-state index >= 15 is 0 Å². The van der Waals surface area contributed by atoms with Crippen LogP contribution in [-0.4, -0.2) is 19.6 Å². The lowest BCUT2D eigenvalue weighted by Gasteiger charge is -2.23. The highest BCUT2D eigenvalue weighted by Crippen LogP contribution is 2.49. The van der Waals surface area contributed by atoms with E-state index < -0.39 is 23.4 Å². The summed E-state index contributed by atoms with van der Waals surface area (Å²) in [5.74, 6) is 0.831. The van der Waals surface area contributed by atoms with Gasteiger partial charge in [0.1, 0.15) is 0 Å². The molecule has 0 unspecified atom stereocenters. The number of hydrogen-bond acceptors (Lipinski definition) is 1. The lowest BCUT2D eigenvalue weighted by Crippen LogP contribution is -2.13. The van der Waals surface area contributed by atoms with Crippen LogP contribution in [-0.2, 0) is 33.4 Å². The molecule has 0 radical (unpaired) electrons. The summed E-state index contributed by atoms with van der Waals surface area (Å²) in [6, 6.07) is 18.9. The molecule has 0 saturated heterocycles. The van der Waals surface area contributed by atoms with E-state index in [0.29, 0.717) is 11.5 Å². The molecule has 2 aromatic carbocycles. The van der Waals surface area contributed by atoms with Gasteiger partial charge in [-0.25, -0.2) is 0 Å². The van der Waals surface area contributed by atoms with Gasteiger partial charge in [-0.15, -0.1) is 10.1 Å². The third-order valence-corrected chi connectivity index (χ3v) is 11.5. The Labute approximate surface area is 143 Å². The summed E-state index contributed by atoms with van der Waals surface area (Å²) < 4.78 is 0. The second-order valence-electron chi connectivity index (χ2n) is 4.91. The first-order valence-corrected chi connectivity index (χ1v) is 13.3. The van der Waals surface area contributed by atoms with Crippen LogP contribution in [0.15, 0.2) is 60.7 Å². The van der Waals surface area contributed by atoms with Crippen LogP contribution in [0.4, 0.5) is 0 Å². The molecule has 0 spiro atoms. The van der Waals surface area contributed by atoms with Gasteiger partial charge in [-0.1, -0.05) is 60.7 Å². The van der Waals surface area contributed by atoms with Gasteiger partial charge in [-0.05, 0) is 22.9 Å². The monoisotopic (exact) mass is 391 g/mol. The first-order valence-electron chi connectivity index (χ1n) is 6.72. The fourth-order valence-electron chi connectivity index (χ4n) is 1.99. The molecule has 0 atom stereocenters. The fraction of sp³-hybridized carbons (Fsp3) is 0.143. The average molecular weight is 391 g/mol. The molecular weight excluding hydrogens is 372 g/mol. The second-order valence-corrected chi connectivity index (χ2v) is 14.0. The zero-order valence-corrected chi connectivity index (χ0v) is 15.6. The molecule has 126 valence electrons. The Kier molecular flexibility index (Phi) is 6.75. The van der Waals surface area contributed by atoms with Crippen LogP contribution in [0.2, 0.25) is 0 Å². The molecule has 2 aromatic rings. The molecule has 2 rings (SSSR count). The minimum Gasteiger partial charge on any atom is -0.337 e. The largest absolute Gasteiger partial charge is 0.337 e.